The maximum Gasteiger partial charge on any atom is 0.134 e. The first-order valence-electron chi connectivity index (χ1n) is 6.84. The summed E-state index contributed by atoms with van der Waals surface area (Å²) in [5.74, 6) is 1.02. The fourth-order valence-corrected chi connectivity index (χ4v) is 2.67. The zero-order valence-corrected chi connectivity index (χ0v) is 11.0. The number of benzene rings is 3. The van der Waals surface area contributed by atoms with Crippen molar-refractivity contribution in [3.63, 3.8) is 0 Å². The molecular formula is C19H14O. The molecule has 0 fully saturated rings. The molecule has 20 heavy (non-hydrogen) atoms. The third-order valence-corrected chi connectivity index (χ3v) is 3.66. The maximum atomic E-state index is 5.98. The van der Waals surface area contributed by atoms with E-state index < -0.39 is 0 Å². The van der Waals surface area contributed by atoms with Crippen molar-refractivity contribution in [3.05, 3.63) is 84.1 Å². The molecular weight excluding hydrogens is 244 g/mol. The molecule has 96 valence electrons. The Hall–Kier alpha value is -2.54. The van der Waals surface area contributed by atoms with Crippen molar-refractivity contribution in [1.82, 2.24) is 0 Å². The summed E-state index contributed by atoms with van der Waals surface area (Å²) >= 11 is 0. The first-order chi connectivity index (χ1) is 9.88. The Kier molecular flexibility index (Phi) is 2.56. The van der Waals surface area contributed by atoms with Gasteiger partial charge < -0.3 is 4.42 Å². The van der Waals surface area contributed by atoms with Crippen molar-refractivity contribution in [2.45, 2.75) is 6.42 Å². The Morgan fingerprint density at radius 3 is 2.15 bits per heavy atom. The van der Waals surface area contributed by atoms with Crippen LogP contribution in [-0.2, 0) is 6.42 Å². The minimum absolute atomic E-state index is 0.839. The van der Waals surface area contributed by atoms with Gasteiger partial charge in [-0.15, -0.1) is 0 Å². The SMILES string of the molecule is c1ccc(Cc2cc3cc4ccccc4cc3o2)cc1. The molecule has 0 saturated carbocycles. The average Bonchev–Trinajstić information content (AvgIpc) is 2.86. The van der Waals surface area contributed by atoms with Gasteiger partial charge in [0.1, 0.15) is 11.3 Å². The molecule has 3 aromatic carbocycles. The highest BCUT2D eigenvalue weighted by Crippen LogP contribution is 2.26. The van der Waals surface area contributed by atoms with Crippen LogP contribution in [0.1, 0.15) is 11.3 Å². The lowest BCUT2D eigenvalue weighted by molar-refractivity contribution is 0.563. The van der Waals surface area contributed by atoms with Crippen molar-refractivity contribution < 1.29 is 4.42 Å². The van der Waals surface area contributed by atoms with Crippen LogP contribution in [0.15, 0.2) is 77.2 Å². The highest BCUT2D eigenvalue weighted by Gasteiger charge is 2.06. The Labute approximate surface area is 117 Å². The molecule has 0 N–H and O–H groups in total. The van der Waals surface area contributed by atoms with Gasteiger partial charge in [-0.2, -0.15) is 0 Å². The van der Waals surface area contributed by atoms with E-state index in [4.69, 9.17) is 4.42 Å². The van der Waals surface area contributed by atoms with Crippen molar-refractivity contribution in [1.29, 1.82) is 0 Å². The lowest BCUT2D eigenvalue weighted by Gasteiger charge is -1.96. The van der Waals surface area contributed by atoms with Crippen LogP contribution in [0, 0.1) is 0 Å². The largest absolute Gasteiger partial charge is 0.461 e. The van der Waals surface area contributed by atoms with Crippen LogP contribution in [-0.4, -0.2) is 0 Å². The second-order valence-corrected chi connectivity index (χ2v) is 5.11. The molecule has 0 bridgehead atoms. The lowest BCUT2D eigenvalue weighted by Crippen LogP contribution is -1.83. The second-order valence-electron chi connectivity index (χ2n) is 5.11. The quantitative estimate of drug-likeness (QED) is 0.483. The predicted molar refractivity (Wildman–Crippen MR) is 83.0 cm³/mol. The predicted octanol–water partition coefficient (Wildman–Crippen LogP) is 5.18. The Bertz CT molecular complexity index is 819. The van der Waals surface area contributed by atoms with E-state index in [0.717, 1.165) is 17.8 Å². The summed E-state index contributed by atoms with van der Waals surface area (Å²) in [6, 6.07) is 25.3. The highest BCUT2D eigenvalue weighted by molar-refractivity contribution is 5.96. The Morgan fingerprint density at radius 1 is 0.650 bits per heavy atom. The number of rotatable bonds is 2. The highest BCUT2D eigenvalue weighted by atomic mass is 16.3. The van der Waals surface area contributed by atoms with Crippen LogP contribution in [0.5, 0.6) is 0 Å². The minimum atomic E-state index is 0.839. The molecule has 4 rings (SSSR count). The zero-order chi connectivity index (χ0) is 13.4. The van der Waals surface area contributed by atoms with Gasteiger partial charge in [0.25, 0.3) is 0 Å². The summed E-state index contributed by atoms with van der Waals surface area (Å²) < 4.78 is 5.98. The monoisotopic (exact) mass is 258 g/mol. The fourth-order valence-electron chi connectivity index (χ4n) is 2.67. The van der Waals surface area contributed by atoms with E-state index in [9.17, 15) is 0 Å². The molecule has 1 heteroatoms. The maximum absolute atomic E-state index is 5.98. The number of furan rings is 1. The normalized spacial score (nSPS) is 11.2. The van der Waals surface area contributed by atoms with E-state index in [-0.39, 0.29) is 0 Å². The van der Waals surface area contributed by atoms with E-state index in [0.29, 0.717) is 0 Å². The molecule has 1 heterocycles. The van der Waals surface area contributed by atoms with Crippen LogP contribution in [0.3, 0.4) is 0 Å². The Balaban J connectivity index is 1.80. The van der Waals surface area contributed by atoms with Crippen molar-refractivity contribution in [2.75, 3.05) is 0 Å². The first-order valence-corrected chi connectivity index (χ1v) is 6.84. The van der Waals surface area contributed by atoms with Crippen LogP contribution < -0.4 is 0 Å². The molecule has 0 unspecified atom stereocenters. The smallest absolute Gasteiger partial charge is 0.134 e. The molecule has 0 saturated heterocycles. The molecule has 4 aromatic rings. The zero-order valence-electron chi connectivity index (χ0n) is 11.0. The topological polar surface area (TPSA) is 13.1 Å². The second kappa shape index (κ2) is 4.53. The van der Waals surface area contributed by atoms with E-state index in [1.807, 2.05) is 6.07 Å². The summed E-state index contributed by atoms with van der Waals surface area (Å²) in [6.07, 6.45) is 0.839. The van der Waals surface area contributed by atoms with Crippen LogP contribution in [0.4, 0.5) is 0 Å². The van der Waals surface area contributed by atoms with E-state index in [2.05, 4.69) is 66.7 Å². The molecule has 0 aliphatic carbocycles. The number of fused-ring (bicyclic) bond motifs is 2. The van der Waals surface area contributed by atoms with Gasteiger partial charge in [-0.25, -0.2) is 0 Å². The first kappa shape index (κ1) is 11.3. The van der Waals surface area contributed by atoms with Crippen LogP contribution in [0.2, 0.25) is 0 Å². The standard InChI is InChI=1S/C19H14O/c1-2-6-14(7-3-1)10-18-12-17-11-15-8-4-5-9-16(15)13-19(17)20-18/h1-9,11-13H,10H2. The third kappa shape index (κ3) is 1.97. The number of hydrogen-bond donors (Lipinski definition) is 0. The van der Waals surface area contributed by atoms with E-state index in [1.54, 1.807) is 0 Å². The van der Waals surface area contributed by atoms with Gasteiger partial charge in [-0.1, -0.05) is 54.6 Å². The summed E-state index contributed by atoms with van der Waals surface area (Å²) in [5.41, 5.74) is 2.24. The molecule has 0 aliphatic rings. The van der Waals surface area contributed by atoms with Crippen molar-refractivity contribution >= 4 is 21.7 Å². The average molecular weight is 258 g/mol. The number of hydrogen-bond acceptors (Lipinski definition) is 1. The summed E-state index contributed by atoms with van der Waals surface area (Å²) in [7, 11) is 0. The van der Waals surface area contributed by atoms with Crippen molar-refractivity contribution in [2.24, 2.45) is 0 Å². The van der Waals surface area contributed by atoms with Gasteiger partial charge in [0, 0.05) is 11.8 Å². The van der Waals surface area contributed by atoms with Gasteiger partial charge in [0.05, 0.1) is 0 Å². The van der Waals surface area contributed by atoms with Crippen LogP contribution in [0.25, 0.3) is 21.7 Å². The summed E-state index contributed by atoms with van der Waals surface area (Å²) in [4.78, 5) is 0. The molecule has 1 aromatic heterocycles. The van der Waals surface area contributed by atoms with E-state index in [1.165, 1.54) is 21.7 Å². The van der Waals surface area contributed by atoms with Gasteiger partial charge in [0.15, 0.2) is 0 Å². The molecule has 0 spiro atoms. The lowest BCUT2D eigenvalue weighted by atomic mass is 10.1. The van der Waals surface area contributed by atoms with Gasteiger partial charge >= 0.3 is 0 Å². The van der Waals surface area contributed by atoms with E-state index >= 15 is 0 Å². The Morgan fingerprint density at radius 2 is 1.35 bits per heavy atom. The van der Waals surface area contributed by atoms with Gasteiger partial charge in [0.2, 0.25) is 0 Å². The van der Waals surface area contributed by atoms with Gasteiger partial charge in [-0.05, 0) is 34.5 Å². The molecule has 0 aliphatic heterocycles. The minimum Gasteiger partial charge on any atom is -0.461 e. The third-order valence-electron chi connectivity index (χ3n) is 3.66. The molecule has 1 nitrogen and oxygen atoms in total. The summed E-state index contributed by atoms with van der Waals surface area (Å²) in [5, 5.41) is 3.65. The van der Waals surface area contributed by atoms with Crippen LogP contribution >= 0.6 is 0 Å². The van der Waals surface area contributed by atoms with Crippen molar-refractivity contribution in [3.8, 4) is 0 Å². The molecule has 0 radical (unpaired) electrons. The fraction of sp³-hybridized carbons (Fsp3) is 0.0526. The molecule has 0 amide bonds. The van der Waals surface area contributed by atoms with Gasteiger partial charge in [-0.3, -0.25) is 0 Å². The molecule has 0 atom stereocenters. The summed E-state index contributed by atoms with van der Waals surface area (Å²) in [6.45, 7) is 0.